The van der Waals surface area contributed by atoms with E-state index in [1.165, 1.54) is 0 Å². The number of hydrogen-bond donors (Lipinski definition) is 4. The van der Waals surface area contributed by atoms with Crippen molar-refractivity contribution in [3.8, 4) is 0 Å². The molecule has 2 rings (SSSR count). The largest absolute Gasteiger partial charge is 0.399 e. The van der Waals surface area contributed by atoms with E-state index < -0.39 is 12.1 Å². The molecule has 5 nitrogen and oxygen atoms in total. The number of anilines is 1. The van der Waals surface area contributed by atoms with Gasteiger partial charge in [0.05, 0.1) is 12.6 Å². The Morgan fingerprint density at radius 3 is 2.29 bits per heavy atom. The van der Waals surface area contributed by atoms with Gasteiger partial charge in [0.25, 0.3) is 5.91 Å². The number of carbonyl (C=O) groups is 1. The van der Waals surface area contributed by atoms with Crippen molar-refractivity contribution in [3.63, 3.8) is 0 Å². The number of nitrogens with two attached hydrogens (primary N) is 1. The maximum absolute atomic E-state index is 12.1. The molecule has 0 bridgehead atoms. The monoisotopic (exact) mass is 286 g/mol. The Kier molecular flexibility index (Phi) is 4.92. The summed E-state index contributed by atoms with van der Waals surface area (Å²) >= 11 is 0. The molecule has 2 aromatic carbocycles. The molecule has 0 radical (unpaired) electrons. The van der Waals surface area contributed by atoms with Crippen LogP contribution in [0.15, 0.2) is 54.6 Å². The van der Waals surface area contributed by atoms with Gasteiger partial charge in [0.1, 0.15) is 6.10 Å². The molecule has 0 aliphatic heterocycles. The molecule has 2 atom stereocenters. The summed E-state index contributed by atoms with van der Waals surface area (Å²) in [5.41, 5.74) is 7.23. The van der Waals surface area contributed by atoms with Crippen molar-refractivity contribution in [2.45, 2.75) is 12.1 Å². The van der Waals surface area contributed by atoms with Crippen LogP contribution < -0.4 is 11.1 Å². The fourth-order valence-electron chi connectivity index (χ4n) is 1.99. The number of nitrogen functional groups attached to an aromatic ring is 1. The standard InChI is InChI=1S/C16H18N2O3/c17-13-8-6-11(7-9-13)15(20)14(10-19)18-16(21)12-4-2-1-3-5-12/h1-9,14-15,19-20H,10,17H2,(H,18,21). The Hall–Kier alpha value is -2.37. The van der Waals surface area contributed by atoms with Gasteiger partial charge in [-0.05, 0) is 29.8 Å². The summed E-state index contributed by atoms with van der Waals surface area (Å²) in [6, 6.07) is 14.5. The maximum Gasteiger partial charge on any atom is 0.251 e. The first kappa shape index (κ1) is 15.0. The third-order valence-corrected chi connectivity index (χ3v) is 3.21. The average Bonchev–Trinajstić information content (AvgIpc) is 2.53. The van der Waals surface area contributed by atoms with Crippen LogP contribution in [-0.4, -0.2) is 28.8 Å². The Morgan fingerprint density at radius 1 is 1.10 bits per heavy atom. The van der Waals surface area contributed by atoms with Gasteiger partial charge in [-0.1, -0.05) is 30.3 Å². The van der Waals surface area contributed by atoms with Crippen molar-refractivity contribution in [2.24, 2.45) is 0 Å². The third-order valence-electron chi connectivity index (χ3n) is 3.21. The molecule has 0 aliphatic carbocycles. The molecule has 5 heteroatoms. The summed E-state index contributed by atoms with van der Waals surface area (Å²) in [5.74, 6) is -0.343. The minimum absolute atomic E-state index is 0.343. The van der Waals surface area contributed by atoms with E-state index in [2.05, 4.69) is 5.32 Å². The molecule has 110 valence electrons. The predicted molar refractivity (Wildman–Crippen MR) is 80.6 cm³/mol. The molecule has 0 saturated heterocycles. The number of hydrogen-bond acceptors (Lipinski definition) is 4. The van der Waals surface area contributed by atoms with E-state index in [4.69, 9.17) is 5.73 Å². The highest BCUT2D eigenvalue weighted by Crippen LogP contribution is 2.18. The van der Waals surface area contributed by atoms with Crippen LogP contribution >= 0.6 is 0 Å². The van der Waals surface area contributed by atoms with Gasteiger partial charge >= 0.3 is 0 Å². The van der Waals surface area contributed by atoms with Crippen LogP contribution in [0.4, 0.5) is 5.69 Å². The number of benzene rings is 2. The van der Waals surface area contributed by atoms with Crippen molar-refractivity contribution < 1.29 is 15.0 Å². The van der Waals surface area contributed by atoms with E-state index >= 15 is 0 Å². The third kappa shape index (κ3) is 3.81. The first-order valence-corrected chi connectivity index (χ1v) is 6.62. The summed E-state index contributed by atoms with van der Waals surface area (Å²) in [6.07, 6.45) is -1.01. The van der Waals surface area contributed by atoms with Gasteiger partial charge in [-0.2, -0.15) is 0 Å². The molecule has 21 heavy (non-hydrogen) atoms. The summed E-state index contributed by atoms with van der Waals surface area (Å²) in [4.78, 5) is 12.1. The molecule has 5 N–H and O–H groups in total. The molecule has 0 spiro atoms. The highest BCUT2D eigenvalue weighted by molar-refractivity contribution is 5.94. The zero-order chi connectivity index (χ0) is 15.2. The van der Waals surface area contributed by atoms with Crippen LogP contribution in [0.2, 0.25) is 0 Å². The van der Waals surface area contributed by atoms with Gasteiger partial charge in [0, 0.05) is 11.3 Å². The molecule has 0 fully saturated rings. The Balaban J connectivity index is 2.09. The van der Waals surface area contributed by atoms with Crippen LogP contribution in [0.1, 0.15) is 22.0 Å². The van der Waals surface area contributed by atoms with E-state index in [1.54, 1.807) is 48.5 Å². The number of amides is 1. The van der Waals surface area contributed by atoms with E-state index in [9.17, 15) is 15.0 Å². The number of nitrogens with one attached hydrogen (secondary N) is 1. The second kappa shape index (κ2) is 6.88. The summed E-state index contributed by atoms with van der Waals surface area (Å²) < 4.78 is 0. The second-order valence-electron chi connectivity index (χ2n) is 4.74. The normalized spacial score (nSPS) is 13.4. The SMILES string of the molecule is Nc1ccc(C(O)C(CO)NC(=O)c2ccccc2)cc1. The highest BCUT2D eigenvalue weighted by atomic mass is 16.3. The Morgan fingerprint density at radius 2 is 1.71 bits per heavy atom. The summed E-state index contributed by atoms with van der Waals surface area (Å²) in [7, 11) is 0. The van der Waals surface area contributed by atoms with Gasteiger partial charge in [0.2, 0.25) is 0 Å². The van der Waals surface area contributed by atoms with Crippen LogP contribution in [0.5, 0.6) is 0 Å². The van der Waals surface area contributed by atoms with E-state index in [0.717, 1.165) is 0 Å². The lowest BCUT2D eigenvalue weighted by molar-refractivity contribution is 0.0703. The zero-order valence-corrected chi connectivity index (χ0v) is 11.4. The average molecular weight is 286 g/mol. The fourth-order valence-corrected chi connectivity index (χ4v) is 1.99. The minimum Gasteiger partial charge on any atom is -0.399 e. The van der Waals surface area contributed by atoms with Gasteiger partial charge < -0.3 is 21.3 Å². The van der Waals surface area contributed by atoms with Crippen LogP contribution in [-0.2, 0) is 0 Å². The van der Waals surface area contributed by atoms with Crippen LogP contribution in [0.3, 0.4) is 0 Å². The minimum atomic E-state index is -1.01. The van der Waals surface area contributed by atoms with E-state index in [-0.39, 0.29) is 12.5 Å². The van der Waals surface area contributed by atoms with Gasteiger partial charge in [0.15, 0.2) is 0 Å². The number of aliphatic hydroxyl groups is 2. The quantitative estimate of drug-likeness (QED) is 0.619. The van der Waals surface area contributed by atoms with Gasteiger partial charge in [-0.25, -0.2) is 0 Å². The van der Waals surface area contributed by atoms with Gasteiger partial charge in [-0.15, -0.1) is 0 Å². The molecule has 0 aliphatic rings. The molecular formula is C16H18N2O3. The topological polar surface area (TPSA) is 95.6 Å². The lowest BCUT2D eigenvalue weighted by Crippen LogP contribution is -2.41. The first-order chi connectivity index (χ1) is 10.1. The Bertz CT molecular complexity index is 584. The fraction of sp³-hybridized carbons (Fsp3) is 0.188. The summed E-state index contributed by atoms with van der Waals surface area (Å²) in [6.45, 7) is -0.371. The smallest absolute Gasteiger partial charge is 0.251 e. The molecule has 1 amide bonds. The molecule has 2 unspecified atom stereocenters. The second-order valence-corrected chi connectivity index (χ2v) is 4.74. The van der Waals surface area contributed by atoms with Crippen molar-refractivity contribution in [1.29, 1.82) is 0 Å². The molecule has 0 heterocycles. The van der Waals surface area contributed by atoms with E-state index in [1.807, 2.05) is 6.07 Å². The molecule has 2 aromatic rings. The number of carbonyl (C=O) groups excluding carboxylic acids is 1. The van der Waals surface area contributed by atoms with Crippen molar-refractivity contribution in [1.82, 2.24) is 5.32 Å². The predicted octanol–water partition coefficient (Wildman–Crippen LogP) is 1.09. The highest BCUT2D eigenvalue weighted by Gasteiger charge is 2.22. The molecular weight excluding hydrogens is 268 g/mol. The zero-order valence-electron chi connectivity index (χ0n) is 11.4. The van der Waals surface area contributed by atoms with Crippen LogP contribution in [0, 0.1) is 0 Å². The maximum atomic E-state index is 12.1. The molecule has 0 saturated carbocycles. The van der Waals surface area contributed by atoms with E-state index in [0.29, 0.717) is 16.8 Å². The number of rotatable bonds is 5. The number of aliphatic hydroxyl groups excluding tert-OH is 2. The van der Waals surface area contributed by atoms with Crippen molar-refractivity contribution in [2.75, 3.05) is 12.3 Å². The lowest BCUT2D eigenvalue weighted by Gasteiger charge is -2.22. The summed E-state index contributed by atoms with van der Waals surface area (Å²) in [5, 5.41) is 22.3. The van der Waals surface area contributed by atoms with Crippen molar-refractivity contribution >= 4 is 11.6 Å². The van der Waals surface area contributed by atoms with Gasteiger partial charge in [-0.3, -0.25) is 4.79 Å². The Labute approximate surface area is 123 Å². The van der Waals surface area contributed by atoms with Crippen molar-refractivity contribution in [3.05, 3.63) is 65.7 Å². The first-order valence-electron chi connectivity index (χ1n) is 6.62. The van der Waals surface area contributed by atoms with Crippen LogP contribution in [0.25, 0.3) is 0 Å². The lowest BCUT2D eigenvalue weighted by atomic mass is 10.0. The molecule has 0 aromatic heterocycles.